The second kappa shape index (κ2) is 6.79. The van der Waals surface area contributed by atoms with Crippen molar-refractivity contribution in [3.63, 3.8) is 0 Å². The number of ether oxygens (including phenoxy) is 2. The Balaban J connectivity index is 2.63. The molecule has 0 aliphatic heterocycles. The van der Waals surface area contributed by atoms with Crippen molar-refractivity contribution in [3.05, 3.63) is 17.2 Å². The molecule has 1 aromatic carbocycles. The summed E-state index contributed by atoms with van der Waals surface area (Å²) >= 11 is 0. The molecule has 5 heteroatoms. The third kappa shape index (κ3) is 3.46. The number of carbonyl (C=O) groups is 1. The van der Waals surface area contributed by atoms with Crippen LogP contribution in [0.1, 0.15) is 56.0 Å². The summed E-state index contributed by atoms with van der Waals surface area (Å²) in [7, 11) is 1.19. The highest BCUT2D eigenvalue weighted by atomic mass is 28.4. The minimum atomic E-state index is -2.06. The van der Waals surface area contributed by atoms with Gasteiger partial charge in [-0.1, -0.05) is 20.8 Å². The Labute approximate surface area is 146 Å². The van der Waals surface area contributed by atoms with Gasteiger partial charge in [0.25, 0.3) is 8.32 Å². The zero-order valence-electron chi connectivity index (χ0n) is 16.0. The van der Waals surface area contributed by atoms with Crippen molar-refractivity contribution >= 4 is 14.1 Å². The molecule has 1 aliphatic rings. The normalized spacial score (nSPS) is 15.5. The molecule has 0 unspecified atom stereocenters. The number of Topliss-reactive ketones (excluding diaryl/α,β-unsaturated/α-hetero) is 1. The van der Waals surface area contributed by atoms with Crippen LogP contribution in [0.25, 0.3) is 0 Å². The summed E-state index contributed by atoms with van der Waals surface area (Å²) < 4.78 is 17.8. The summed E-state index contributed by atoms with van der Waals surface area (Å²) in [6, 6.07) is 1.84. The second-order valence-corrected chi connectivity index (χ2v) is 12.7. The molecular weight excluding hydrogens is 320 g/mol. The maximum Gasteiger partial charge on any atom is 0.250 e. The van der Waals surface area contributed by atoms with E-state index in [4.69, 9.17) is 13.9 Å². The van der Waals surface area contributed by atoms with Crippen LogP contribution in [0.4, 0.5) is 0 Å². The number of fused-ring (bicyclic) bond motifs is 1. The Kier molecular flexibility index (Phi) is 5.33. The summed E-state index contributed by atoms with van der Waals surface area (Å²) in [5.41, 5.74) is 1.69. The first kappa shape index (κ1) is 18.8. The van der Waals surface area contributed by atoms with Crippen molar-refractivity contribution < 1.29 is 18.7 Å². The van der Waals surface area contributed by atoms with Crippen LogP contribution >= 0.6 is 0 Å². The molecule has 0 amide bonds. The number of ketones is 1. The summed E-state index contributed by atoms with van der Waals surface area (Å²) in [5, 5.41) is 0.0611. The maximum absolute atomic E-state index is 12.5. The molecule has 0 spiro atoms. The predicted molar refractivity (Wildman–Crippen MR) is 99.3 cm³/mol. The molecule has 0 aromatic heterocycles. The zero-order valence-corrected chi connectivity index (χ0v) is 17.0. The first-order valence-electron chi connectivity index (χ1n) is 8.62. The molecule has 0 radical (unpaired) electrons. The van der Waals surface area contributed by atoms with Crippen LogP contribution in [0.15, 0.2) is 6.07 Å². The third-order valence-corrected chi connectivity index (χ3v) is 9.60. The highest BCUT2D eigenvalue weighted by Gasteiger charge is 2.41. The molecule has 4 nitrogen and oxygen atoms in total. The fourth-order valence-electron chi connectivity index (χ4n) is 2.75. The van der Waals surface area contributed by atoms with Crippen molar-refractivity contribution in [2.75, 3.05) is 14.2 Å². The SMILES string of the molecule is COc1cc2c(c(OC)c1O[Si](C)(C)C(C)(C)C)CCCCC2=O. The van der Waals surface area contributed by atoms with Crippen molar-refractivity contribution in [1.29, 1.82) is 0 Å². The molecule has 1 aliphatic carbocycles. The van der Waals surface area contributed by atoms with E-state index in [2.05, 4.69) is 33.9 Å². The zero-order chi connectivity index (χ0) is 18.1. The van der Waals surface area contributed by atoms with Crippen LogP contribution in [0.3, 0.4) is 0 Å². The Morgan fingerprint density at radius 3 is 2.17 bits per heavy atom. The van der Waals surface area contributed by atoms with E-state index >= 15 is 0 Å². The minimum absolute atomic E-state index is 0.0611. The average molecular weight is 351 g/mol. The minimum Gasteiger partial charge on any atom is -0.539 e. The molecule has 134 valence electrons. The molecule has 0 bridgehead atoms. The molecule has 24 heavy (non-hydrogen) atoms. The van der Waals surface area contributed by atoms with Gasteiger partial charge in [-0.15, -0.1) is 0 Å². The smallest absolute Gasteiger partial charge is 0.250 e. The van der Waals surface area contributed by atoms with E-state index in [-0.39, 0.29) is 10.8 Å². The summed E-state index contributed by atoms with van der Waals surface area (Å²) in [6.07, 6.45) is 3.32. The van der Waals surface area contributed by atoms with Crippen molar-refractivity contribution in [1.82, 2.24) is 0 Å². The lowest BCUT2D eigenvalue weighted by Crippen LogP contribution is -2.44. The fraction of sp³-hybridized carbons (Fsp3) is 0.632. The van der Waals surface area contributed by atoms with E-state index in [1.165, 1.54) is 0 Å². The number of benzene rings is 1. The predicted octanol–water partition coefficient (Wildman–Crippen LogP) is 5.00. The summed E-state index contributed by atoms with van der Waals surface area (Å²) in [6.45, 7) is 11.0. The van der Waals surface area contributed by atoms with E-state index in [0.29, 0.717) is 23.7 Å². The number of hydrogen-bond acceptors (Lipinski definition) is 4. The molecule has 0 saturated heterocycles. The van der Waals surface area contributed by atoms with Gasteiger partial charge < -0.3 is 13.9 Å². The van der Waals surface area contributed by atoms with Gasteiger partial charge in [0.15, 0.2) is 23.0 Å². The standard InChI is InChI=1S/C19H30O4Si/c1-19(2,3)24(6,7)23-18-16(21-4)12-14-13(17(18)22-5)10-8-9-11-15(14)20/h12H,8-11H2,1-7H3. The second-order valence-electron chi connectivity index (χ2n) is 7.96. The largest absolute Gasteiger partial charge is 0.539 e. The van der Waals surface area contributed by atoms with E-state index < -0.39 is 8.32 Å². The lowest BCUT2D eigenvalue weighted by molar-refractivity contribution is 0.0981. The molecular formula is C19H30O4Si. The number of methoxy groups -OCH3 is 2. The van der Waals surface area contributed by atoms with Crippen LogP contribution in [-0.2, 0) is 6.42 Å². The number of hydrogen-bond donors (Lipinski definition) is 0. The lowest BCUT2D eigenvalue weighted by Gasteiger charge is -2.37. The Hall–Kier alpha value is -1.49. The molecule has 2 rings (SSSR count). The summed E-state index contributed by atoms with van der Waals surface area (Å²) in [5.74, 6) is 2.08. The van der Waals surface area contributed by atoms with E-state index in [1.54, 1.807) is 14.2 Å². The van der Waals surface area contributed by atoms with E-state index in [1.807, 2.05) is 6.07 Å². The van der Waals surface area contributed by atoms with Crippen molar-refractivity contribution in [3.8, 4) is 17.2 Å². The fourth-order valence-corrected chi connectivity index (χ4v) is 3.76. The topological polar surface area (TPSA) is 44.8 Å². The maximum atomic E-state index is 12.5. The van der Waals surface area contributed by atoms with Crippen molar-refractivity contribution in [2.45, 2.75) is 64.6 Å². The van der Waals surface area contributed by atoms with Crippen LogP contribution in [-0.4, -0.2) is 28.3 Å². The van der Waals surface area contributed by atoms with E-state index in [0.717, 1.165) is 30.4 Å². The van der Waals surface area contributed by atoms with Crippen molar-refractivity contribution in [2.24, 2.45) is 0 Å². The van der Waals surface area contributed by atoms with Gasteiger partial charge in [0.1, 0.15) is 0 Å². The Bertz CT molecular complexity index is 629. The quantitative estimate of drug-likeness (QED) is 0.566. The molecule has 0 N–H and O–H groups in total. The van der Waals surface area contributed by atoms with Crippen LogP contribution in [0.5, 0.6) is 17.2 Å². The molecule has 1 aromatic rings. The van der Waals surface area contributed by atoms with Crippen LogP contribution < -0.4 is 13.9 Å². The third-order valence-electron chi connectivity index (χ3n) is 5.27. The van der Waals surface area contributed by atoms with Gasteiger partial charge in [-0.2, -0.15) is 0 Å². The molecule has 0 fully saturated rings. The van der Waals surface area contributed by atoms with Gasteiger partial charge in [-0.3, -0.25) is 4.79 Å². The first-order chi connectivity index (χ1) is 11.1. The van der Waals surface area contributed by atoms with Gasteiger partial charge in [0.2, 0.25) is 0 Å². The monoisotopic (exact) mass is 350 g/mol. The lowest BCUT2D eigenvalue weighted by atomic mass is 10.00. The molecule has 0 saturated carbocycles. The Morgan fingerprint density at radius 1 is 1.00 bits per heavy atom. The van der Waals surface area contributed by atoms with Gasteiger partial charge >= 0.3 is 0 Å². The molecule has 0 heterocycles. The number of rotatable bonds is 4. The van der Waals surface area contributed by atoms with Gasteiger partial charge in [-0.25, -0.2) is 0 Å². The average Bonchev–Trinajstić information content (AvgIpc) is 2.67. The highest BCUT2D eigenvalue weighted by molar-refractivity contribution is 6.74. The summed E-state index contributed by atoms with van der Waals surface area (Å²) in [4.78, 5) is 12.5. The van der Waals surface area contributed by atoms with Gasteiger partial charge in [0, 0.05) is 17.5 Å². The van der Waals surface area contributed by atoms with E-state index in [9.17, 15) is 4.79 Å². The van der Waals surface area contributed by atoms with Crippen LogP contribution in [0.2, 0.25) is 18.1 Å². The van der Waals surface area contributed by atoms with Gasteiger partial charge in [-0.05, 0) is 43.5 Å². The highest BCUT2D eigenvalue weighted by Crippen LogP contribution is 2.48. The molecule has 0 atom stereocenters. The first-order valence-corrected chi connectivity index (χ1v) is 11.5. The number of carbonyl (C=O) groups excluding carboxylic acids is 1. The van der Waals surface area contributed by atoms with Crippen LogP contribution in [0, 0.1) is 0 Å². The Morgan fingerprint density at radius 2 is 1.62 bits per heavy atom. The van der Waals surface area contributed by atoms with Gasteiger partial charge in [0.05, 0.1) is 14.2 Å².